The molecule has 0 aromatic heterocycles. The Bertz CT molecular complexity index is 263. The van der Waals surface area contributed by atoms with Gasteiger partial charge in [0, 0.05) is 12.0 Å². The van der Waals surface area contributed by atoms with Gasteiger partial charge in [-0.05, 0) is 46.5 Å². The van der Waals surface area contributed by atoms with E-state index in [2.05, 4.69) is 51.2 Å². The largest absolute Gasteiger partial charge is 0.496 e. The van der Waals surface area contributed by atoms with Crippen molar-refractivity contribution in [2.24, 2.45) is 0 Å². The minimum absolute atomic E-state index is 0.103. The monoisotopic (exact) mass is 240 g/mol. The van der Waals surface area contributed by atoms with Gasteiger partial charge in [-0.25, -0.2) is 0 Å². The summed E-state index contributed by atoms with van der Waals surface area (Å²) in [5, 5.41) is 3.65. The fourth-order valence-electron chi connectivity index (χ4n) is 2.33. The van der Waals surface area contributed by atoms with Crippen molar-refractivity contribution >= 4 is 0 Å². The number of hydrogen-bond acceptors (Lipinski definition) is 3. The van der Waals surface area contributed by atoms with Crippen LogP contribution in [0.4, 0.5) is 0 Å². The van der Waals surface area contributed by atoms with Gasteiger partial charge >= 0.3 is 0 Å². The van der Waals surface area contributed by atoms with E-state index in [9.17, 15) is 0 Å². The summed E-state index contributed by atoms with van der Waals surface area (Å²) in [4.78, 5) is 2.31. The molecule has 3 nitrogen and oxygen atoms in total. The Labute approximate surface area is 106 Å². The van der Waals surface area contributed by atoms with Crippen LogP contribution < -0.4 is 5.32 Å². The molecule has 0 saturated heterocycles. The van der Waals surface area contributed by atoms with Crippen molar-refractivity contribution in [1.29, 1.82) is 0 Å². The summed E-state index contributed by atoms with van der Waals surface area (Å²) < 4.78 is 5.78. The van der Waals surface area contributed by atoms with Crippen molar-refractivity contribution in [1.82, 2.24) is 10.2 Å². The van der Waals surface area contributed by atoms with E-state index in [1.807, 2.05) is 0 Å². The highest BCUT2D eigenvalue weighted by molar-refractivity contribution is 5.15. The molecular formula is C14H28N2O. The minimum atomic E-state index is 0.103. The Balaban J connectivity index is 2.86. The van der Waals surface area contributed by atoms with Crippen LogP contribution in [0, 0.1) is 0 Å². The molecule has 0 radical (unpaired) electrons. The zero-order chi connectivity index (χ0) is 12.9. The van der Waals surface area contributed by atoms with Crippen molar-refractivity contribution in [3.63, 3.8) is 0 Å². The number of ether oxygens (including phenoxy) is 1. The smallest absolute Gasteiger partial charge is 0.111 e. The third kappa shape index (κ3) is 3.23. The van der Waals surface area contributed by atoms with Crippen LogP contribution in [-0.4, -0.2) is 43.7 Å². The molecule has 0 bridgehead atoms. The lowest BCUT2D eigenvalue weighted by molar-refractivity contribution is 0.0914. The van der Waals surface area contributed by atoms with E-state index in [4.69, 9.17) is 4.74 Å². The summed E-state index contributed by atoms with van der Waals surface area (Å²) in [6, 6.07) is 0.296. The van der Waals surface area contributed by atoms with Crippen LogP contribution in [0.1, 0.15) is 40.0 Å². The molecule has 3 heteroatoms. The molecule has 1 N–H and O–H groups in total. The molecule has 1 heterocycles. The van der Waals surface area contributed by atoms with E-state index >= 15 is 0 Å². The van der Waals surface area contributed by atoms with Crippen LogP contribution in [0.5, 0.6) is 0 Å². The molecule has 1 rings (SSSR count). The number of hydrogen-bond donors (Lipinski definition) is 1. The van der Waals surface area contributed by atoms with Gasteiger partial charge in [0.25, 0.3) is 0 Å². The van der Waals surface area contributed by atoms with E-state index in [0.717, 1.165) is 38.2 Å². The number of likely N-dealkylation sites (N-methyl/N-ethyl adjacent to an activating group) is 1. The Hall–Kier alpha value is -0.540. The van der Waals surface area contributed by atoms with Crippen LogP contribution in [0.2, 0.25) is 0 Å². The molecule has 0 amide bonds. The van der Waals surface area contributed by atoms with Gasteiger partial charge in [0.2, 0.25) is 0 Å². The molecule has 0 fully saturated rings. The molecular weight excluding hydrogens is 212 g/mol. The summed E-state index contributed by atoms with van der Waals surface area (Å²) >= 11 is 0. The van der Waals surface area contributed by atoms with Gasteiger partial charge in [-0.1, -0.05) is 13.8 Å². The van der Waals surface area contributed by atoms with Crippen molar-refractivity contribution in [2.45, 2.75) is 51.6 Å². The van der Waals surface area contributed by atoms with E-state index in [-0.39, 0.29) is 5.54 Å². The van der Waals surface area contributed by atoms with Crippen LogP contribution in [0.25, 0.3) is 0 Å². The predicted octanol–water partition coefficient (Wildman–Crippen LogP) is 2.39. The van der Waals surface area contributed by atoms with Gasteiger partial charge in [0.15, 0.2) is 0 Å². The highest BCUT2D eigenvalue weighted by Crippen LogP contribution is 2.28. The van der Waals surface area contributed by atoms with E-state index < -0.39 is 0 Å². The lowest BCUT2D eigenvalue weighted by Crippen LogP contribution is -2.57. The number of rotatable bonds is 7. The molecule has 1 aliphatic rings. The lowest BCUT2D eigenvalue weighted by Gasteiger charge is -2.43. The van der Waals surface area contributed by atoms with E-state index in [1.54, 1.807) is 0 Å². The van der Waals surface area contributed by atoms with Gasteiger partial charge < -0.3 is 15.0 Å². The maximum Gasteiger partial charge on any atom is 0.111 e. The first-order valence-electron chi connectivity index (χ1n) is 6.80. The summed E-state index contributed by atoms with van der Waals surface area (Å²) in [5.74, 6) is 1.14. The van der Waals surface area contributed by atoms with Gasteiger partial charge in [-0.3, -0.25) is 0 Å². The Morgan fingerprint density at radius 2 is 2.18 bits per heavy atom. The molecule has 2 atom stereocenters. The maximum absolute atomic E-state index is 5.78. The molecule has 17 heavy (non-hydrogen) atoms. The molecule has 0 aromatic rings. The van der Waals surface area contributed by atoms with Crippen molar-refractivity contribution in [2.75, 3.05) is 27.2 Å². The summed E-state index contributed by atoms with van der Waals surface area (Å²) in [5.41, 5.74) is 0.103. The van der Waals surface area contributed by atoms with Crippen molar-refractivity contribution in [3.8, 4) is 0 Å². The van der Waals surface area contributed by atoms with Gasteiger partial charge in [-0.2, -0.15) is 0 Å². The highest BCUT2D eigenvalue weighted by atomic mass is 16.5. The van der Waals surface area contributed by atoms with Gasteiger partial charge in [0.1, 0.15) is 5.76 Å². The average molecular weight is 240 g/mol. The zero-order valence-corrected chi connectivity index (χ0v) is 12.0. The van der Waals surface area contributed by atoms with Crippen LogP contribution in [-0.2, 0) is 4.74 Å². The van der Waals surface area contributed by atoms with Gasteiger partial charge in [-0.15, -0.1) is 0 Å². The second kappa shape index (κ2) is 6.41. The van der Waals surface area contributed by atoms with E-state index in [0.29, 0.717) is 6.04 Å². The van der Waals surface area contributed by atoms with Crippen molar-refractivity contribution in [3.05, 3.63) is 11.8 Å². The van der Waals surface area contributed by atoms with Crippen LogP contribution in [0.15, 0.2) is 11.8 Å². The SMILES string of the molecule is CCCNC(C1=CCCO1)C(C)(CC)N(C)C. The third-order valence-corrected chi connectivity index (χ3v) is 3.97. The summed E-state index contributed by atoms with van der Waals surface area (Å²) in [6.45, 7) is 8.63. The zero-order valence-electron chi connectivity index (χ0n) is 12.0. The van der Waals surface area contributed by atoms with Gasteiger partial charge in [0.05, 0.1) is 12.6 Å². The third-order valence-electron chi connectivity index (χ3n) is 3.97. The number of nitrogens with one attached hydrogen (secondary N) is 1. The fraction of sp³-hybridized carbons (Fsp3) is 0.857. The quantitative estimate of drug-likeness (QED) is 0.739. The Kier molecular flexibility index (Phi) is 5.47. The fourth-order valence-corrected chi connectivity index (χ4v) is 2.33. The molecule has 0 aromatic carbocycles. The maximum atomic E-state index is 5.78. The molecule has 0 saturated carbocycles. The second-order valence-electron chi connectivity index (χ2n) is 5.24. The van der Waals surface area contributed by atoms with Crippen LogP contribution in [0.3, 0.4) is 0 Å². The minimum Gasteiger partial charge on any atom is -0.496 e. The highest BCUT2D eigenvalue weighted by Gasteiger charge is 2.38. The molecule has 0 aliphatic carbocycles. The first kappa shape index (κ1) is 14.5. The first-order valence-corrected chi connectivity index (χ1v) is 6.80. The number of nitrogens with zero attached hydrogens (tertiary/aromatic N) is 1. The summed E-state index contributed by atoms with van der Waals surface area (Å²) in [7, 11) is 4.30. The summed E-state index contributed by atoms with van der Waals surface area (Å²) in [6.07, 6.45) is 5.54. The Morgan fingerprint density at radius 1 is 1.47 bits per heavy atom. The van der Waals surface area contributed by atoms with E-state index in [1.165, 1.54) is 0 Å². The standard InChI is InChI=1S/C14H28N2O/c1-6-10-15-13(12-9-8-11-17-12)14(3,7-2)16(4)5/h9,13,15H,6-8,10-11H2,1-5H3. The second-order valence-corrected chi connectivity index (χ2v) is 5.24. The topological polar surface area (TPSA) is 24.5 Å². The molecule has 2 unspecified atom stereocenters. The van der Waals surface area contributed by atoms with Crippen LogP contribution >= 0.6 is 0 Å². The molecule has 100 valence electrons. The lowest BCUT2D eigenvalue weighted by atomic mass is 9.86. The molecule has 0 spiro atoms. The predicted molar refractivity (Wildman–Crippen MR) is 73.1 cm³/mol. The average Bonchev–Trinajstić information content (AvgIpc) is 2.82. The normalized spacial score (nSPS) is 20.9. The van der Waals surface area contributed by atoms with Crippen molar-refractivity contribution < 1.29 is 4.74 Å². The Morgan fingerprint density at radius 3 is 2.59 bits per heavy atom. The molecule has 1 aliphatic heterocycles. The first-order chi connectivity index (χ1) is 8.06.